The third-order valence-corrected chi connectivity index (χ3v) is 6.00. The molecule has 0 atom stereocenters. The highest BCUT2D eigenvalue weighted by molar-refractivity contribution is 8.03. The number of thioether (sulfide) groups is 2. The molecule has 2 aromatic rings. The van der Waals surface area contributed by atoms with Gasteiger partial charge in [0, 0.05) is 52.2 Å². The van der Waals surface area contributed by atoms with Crippen molar-refractivity contribution in [1.82, 2.24) is 10.3 Å². The SMILES string of the molecule is COc1ccc2[nH]c(CNC3CSCCSC3)cc2c1. The van der Waals surface area contributed by atoms with Gasteiger partial charge in [-0.05, 0) is 24.3 Å². The first kappa shape index (κ1) is 14.2. The number of aromatic nitrogens is 1. The molecule has 108 valence electrons. The minimum Gasteiger partial charge on any atom is -0.497 e. The van der Waals surface area contributed by atoms with Crippen LogP contribution in [-0.4, -0.2) is 41.1 Å². The number of rotatable bonds is 4. The Morgan fingerprint density at radius 2 is 2.05 bits per heavy atom. The van der Waals surface area contributed by atoms with Gasteiger partial charge in [-0.2, -0.15) is 23.5 Å². The van der Waals surface area contributed by atoms with E-state index in [1.807, 2.05) is 6.07 Å². The van der Waals surface area contributed by atoms with Gasteiger partial charge in [-0.1, -0.05) is 0 Å². The Morgan fingerprint density at radius 3 is 2.80 bits per heavy atom. The number of hydrogen-bond donors (Lipinski definition) is 2. The summed E-state index contributed by atoms with van der Waals surface area (Å²) in [6, 6.07) is 8.98. The second-order valence-corrected chi connectivity index (χ2v) is 7.28. The number of nitrogens with one attached hydrogen (secondary N) is 2. The van der Waals surface area contributed by atoms with Gasteiger partial charge < -0.3 is 15.0 Å². The molecule has 1 aromatic heterocycles. The summed E-state index contributed by atoms with van der Waals surface area (Å²) in [7, 11) is 1.71. The van der Waals surface area contributed by atoms with Crippen molar-refractivity contribution < 1.29 is 4.74 Å². The first-order valence-electron chi connectivity index (χ1n) is 6.89. The van der Waals surface area contributed by atoms with Gasteiger partial charge in [-0.25, -0.2) is 0 Å². The van der Waals surface area contributed by atoms with E-state index in [2.05, 4.69) is 52.0 Å². The quantitative estimate of drug-likeness (QED) is 0.910. The Morgan fingerprint density at radius 1 is 1.25 bits per heavy atom. The fraction of sp³-hybridized carbons (Fsp3) is 0.467. The summed E-state index contributed by atoms with van der Waals surface area (Å²) >= 11 is 4.12. The van der Waals surface area contributed by atoms with Crippen LogP contribution in [0.25, 0.3) is 10.9 Å². The van der Waals surface area contributed by atoms with Crippen LogP contribution in [0.5, 0.6) is 5.75 Å². The van der Waals surface area contributed by atoms with E-state index >= 15 is 0 Å². The van der Waals surface area contributed by atoms with E-state index < -0.39 is 0 Å². The Kier molecular flexibility index (Phi) is 4.81. The van der Waals surface area contributed by atoms with Crippen molar-refractivity contribution in [2.75, 3.05) is 30.1 Å². The number of ether oxygens (including phenoxy) is 1. The van der Waals surface area contributed by atoms with Crippen LogP contribution in [0.15, 0.2) is 24.3 Å². The zero-order valence-electron chi connectivity index (χ0n) is 11.6. The maximum absolute atomic E-state index is 5.27. The lowest BCUT2D eigenvalue weighted by molar-refractivity contribution is 0.415. The number of methoxy groups -OCH3 is 1. The normalized spacial score (nSPS) is 17.2. The maximum Gasteiger partial charge on any atom is 0.119 e. The van der Waals surface area contributed by atoms with Crippen molar-refractivity contribution in [3.63, 3.8) is 0 Å². The predicted molar refractivity (Wildman–Crippen MR) is 90.1 cm³/mol. The minimum absolute atomic E-state index is 0.619. The molecule has 1 fully saturated rings. The van der Waals surface area contributed by atoms with Gasteiger partial charge in [0.2, 0.25) is 0 Å². The molecule has 0 aliphatic carbocycles. The van der Waals surface area contributed by atoms with Crippen molar-refractivity contribution in [2.24, 2.45) is 0 Å². The summed E-state index contributed by atoms with van der Waals surface area (Å²) in [5, 5.41) is 4.88. The van der Waals surface area contributed by atoms with Crippen molar-refractivity contribution in [3.05, 3.63) is 30.0 Å². The number of H-pyrrole nitrogens is 1. The molecular formula is C15H20N2OS2. The largest absolute Gasteiger partial charge is 0.497 e. The summed E-state index contributed by atoms with van der Waals surface area (Å²) in [6.07, 6.45) is 0. The van der Waals surface area contributed by atoms with Gasteiger partial charge in [0.1, 0.15) is 5.75 Å². The highest BCUT2D eigenvalue weighted by Gasteiger charge is 2.12. The minimum atomic E-state index is 0.619. The molecule has 20 heavy (non-hydrogen) atoms. The molecule has 3 nitrogen and oxygen atoms in total. The lowest BCUT2D eigenvalue weighted by Gasteiger charge is -2.14. The van der Waals surface area contributed by atoms with Crippen LogP contribution in [0.3, 0.4) is 0 Å². The van der Waals surface area contributed by atoms with E-state index in [0.29, 0.717) is 6.04 Å². The summed E-state index contributed by atoms with van der Waals surface area (Å²) in [4.78, 5) is 3.47. The molecule has 5 heteroatoms. The van der Waals surface area contributed by atoms with E-state index in [9.17, 15) is 0 Å². The van der Waals surface area contributed by atoms with Crippen LogP contribution in [0.2, 0.25) is 0 Å². The van der Waals surface area contributed by atoms with Crippen molar-refractivity contribution in [3.8, 4) is 5.75 Å². The van der Waals surface area contributed by atoms with Crippen molar-refractivity contribution >= 4 is 34.4 Å². The Labute approximate surface area is 128 Å². The third kappa shape index (κ3) is 3.45. The smallest absolute Gasteiger partial charge is 0.119 e. The van der Waals surface area contributed by atoms with Crippen LogP contribution >= 0.6 is 23.5 Å². The van der Waals surface area contributed by atoms with Crippen LogP contribution in [0, 0.1) is 0 Å². The summed E-state index contributed by atoms with van der Waals surface area (Å²) in [5.41, 5.74) is 2.42. The molecular weight excluding hydrogens is 288 g/mol. The molecule has 0 spiro atoms. The maximum atomic E-state index is 5.27. The van der Waals surface area contributed by atoms with Crippen molar-refractivity contribution in [1.29, 1.82) is 0 Å². The van der Waals surface area contributed by atoms with Gasteiger partial charge in [-0.3, -0.25) is 0 Å². The lowest BCUT2D eigenvalue weighted by atomic mass is 10.2. The molecule has 1 saturated heterocycles. The van der Waals surface area contributed by atoms with Gasteiger partial charge in [0.25, 0.3) is 0 Å². The third-order valence-electron chi connectivity index (χ3n) is 3.47. The number of aromatic amines is 1. The summed E-state index contributed by atoms with van der Waals surface area (Å²) < 4.78 is 5.27. The van der Waals surface area contributed by atoms with Crippen LogP contribution in [0.1, 0.15) is 5.69 Å². The molecule has 1 aliphatic heterocycles. The molecule has 3 rings (SSSR count). The van der Waals surface area contributed by atoms with Gasteiger partial charge in [0.05, 0.1) is 7.11 Å². The molecule has 0 amide bonds. The summed E-state index contributed by atoms with van der Waals surface area (Å²) in [6.45, 7) is 0.906. The van der Waals surface area contributed by atoms with Gasteiger partial charge >= 0.3 is 0 Å². The molecule has 2 N–H and O–H groups in total. The molecule has 1 aromatic carbocycles. The Hall–Kier alpha value is -0.780. The molecule has 0 saturated carbocycles. The van der Waals surface area contributed by atoms with E-state index in [-0.39, 0.29) is 0 Å². The average Bonchev–Trinajstić information content (AvgIpc) is 2.70. The highest BCUT2D eigenvalue weighted by Crippen LogP contribution is 2.22. The molecule has 1 aliphatic rings. The molecule has 0 radical (unpaired) electrons. The zero-order valence-corrected chi connectivity index (χ0v) is 13.3. The number of benzene rings is 1. The van der Waals surface area contributed by atoms with Gasteiger partial charge in [-0.15, -0.1) is 0 Å². The lowest BCUT2D eigenvalue weighted by Crippen LogP contribution is -2.32. The Bertz CT molecular complexity index is 562. The van der Waals surface area contributed by atoms with Crippen LogP contribution in [-0.2, 0) is 6.54 Å². The van der Waals surface area contributed by atoms with Crippen LogP contribution < -0.4 is 10.1 Å². The average molecular weight is 308 g/mol. The zero-order chi connectivity index (χ0) is 13.8. The molecule has 0 unspecified atom stereocenters. The van der Waals surface area contributed by atoms with Crippen molar-refractivity contribution in [2.45, 2.75) is 12.6 Å². The monoisotopic (exact) mass is 308 g/mol. The number of fused-ring (bicyclic) bond motifs is 1. The second kappa shape index (κ2) is 6.78. The topological polar surface area (TPSA) is 37.0 Å². The highest BCUT2D eigenvalue weighted by atomic mass is 32.2. The van der Waals surface area contributed by atoms with E-state index in [1.54, 1.807) is 7.11 Å². The van der Waals surface area contributed by atoms with E-state index in [1.165, 1.54) is 39.6 Å². The van der Waals surface area contributed by atoms with Crippen LogP contribution in [0.4, 0.5) is 0 Å². The van der Waals surface area contributed by atoms with Gasteiger partial charge in [0.15, 0.2) is 0 Å². The first-order valence-corrected chi connectivity index (χ1v) is 9.20. The fourth-order valence-electron chi connectivity index (χ4n) is 2.38. The van der Waals surface area contributed by atoms with E-state index in [0.717, 1.165) is 12.3 Å². The Balaban J connectivity index is 1.64. The first-order chi connectivity index (χ1) is 9.85. The predicted octanol–water partition coefficient (Wildman–Crippen LogP) is 3.11. The second-order valence-electron chi connectivity index (χ2n) is 4.98. The molecule has 0 bridgehead atoms. The van der Waals surface area contributed by atoms with E-state index in [4.69, 9.17) is 4.74 Å². The fourth-order valence-corrected chi connectivity index (χ4v) is 4.85. The number of hydrogen-bond acceptors (Lipinski definition) is 4. The molecule has 2 heterocycles. The standard InChI is InChI=1S/C15H20N2OS2/c1-18-14-2-3-15-11(7-14)6-12(17-15)8-16-13-9-19-4-5-20-10-13/h2-3,6-7,13,16-17H,4-5,8-10H2,1H3. The summed E-state index contributed by atoms with van der Waals surface area (Å²) in [5.74, 6) is 5.93.